The van der Waals surface area contributed by atoms with Gasteiger partial charge in [0.05, 0.1) is 12.7 Å². The molecule has 5 heteroatoms. The van der Waals surface area contributed by atoms with E-state index in [1.54, 1.807) is 6.07 Å². The Balaban J connectivity index is 2.68. The standard InChI is InChI=1S/C12H10O5/c1-6(13)11-9(14)3-2-8-7(4-10(15)16)5-17-12(8)11/h2-3,5,14H,4H2,1H3,(H,15,16). The van der Waals surface area contributed by atoms with Crippen molar-refractivity contribution in [3.63, 3.8) is 0 Å². The minimum atomic E-state index is -0.981. The maximum absolute atomic E-state index is 11.4. The van der Waals surface area contributed by atoms with Crippen LogP contribution in [0.5, 0.6) is 5.75 Å². The molecule has 0 aliphatic carbocycles. The summed E-state index contributed by atoms with van der Waals surface area (Å²) in [6.45, 7) is 1.31. The first kappa shape index (κ1) is 11.2. The molecule has 2 N–H and O–H groups in total. The molecule has 17 heavy (non-hydrogen) atoms. The largest absolute Gasteiger partial charge is 0.507 e. The van der Waals surface area contributed by atoms with Crippen molar-refractivity contribution in [2.75, 3.05) is 0 Å². The Kier molecular flexibility index (Phi) is 2.59. The van der Waals surface area contributed by atoms with E-state index in [0.717, 1.165) is 0 Å². The predicted molar refractivity (Wildman–Crippen MR) is 59.2 cm³/mol. The fourth-order valence-corrected chi connectivity index (χ4v) is 1.78. The molecule has 1 aromatic heterocycles. The number of hydrogen-bond acceptors (Lipinski definition) is 4. The van der Waals surface area contributed by atoms with Crippen molar-refractivity contribution in [1.29, 1.82) is 0 Å². The molecule has 88 valence electrons. The van der Waals surface area contributed by atoms with Gasteiger partial charge in [-0.05, 0) is 19.1 Å². The first-order chi connectivity index (χ1) is 8.00. The van der Waals surface area contributed by atoms with E-state index in [4.69, 9.17) is 9.52 Å². The minimum absolute atomic E-state index is 0.0825. The summed E-state index contributed by atoms with van der Waals surface area (Å²) in [7, 11) is 0. The Morgan fingerprint density at radius 1 is 1.35 bits per heavy atom. The molecule has 0 fully saturated rings. The average Bonchev–Trinajstić information content (AvgIpc) is 2.59. The smallest absolute Gasteiger partial charge is 0.307 e. The molecule has 0 aliphatic rings. The molecule has 0 atom stereocenters. The van der Waals surface area contributed by atoms with Crippen LogP contribution in [0.25, 0.3) is 11.0 Å². The summed E-state index contributed by atoms with van der Waals surface area (Å²) in [6.07, 6.45) is 1.11. The van der Waals surface area contributed by atoms with E-state index in [-0.39, 0.29) is 29.1 Å². The summed E-state index contributed by atoms with van der Waals surface area (Å²) in [6, 6.07) is 2.90. The van der Waals surface area contributed by atoms with Crippen LogP contribution in [-0.2, 0) is 11.2 Å². The SMILES string of the molecule is CC(=O)c1c(O)ccc2c(CC(=O)O)coc12. The van der Waals surface area contributed by atoms with Crippen LogP contribution in [0.3, 0.4) is 0 Å². The summed E-state index contributed by atoms with van der Waals surface area (Å²) >= 11 is 0. The Morgan fingerprint density at radius 3 is 2.65 bits per heavy atom. The molecule has 0 saturated heterocycles. The monoisotopic (exact) mass is 234 g/mol. The van der Waals surface area contributed by atoms with E-state index in [1.807, 2.05) is 0 Å². The summed E-state index contributed by atoms with van der Waals surface area (Å²) in [5, 5.41) is 18.8. The Morgan fingerprint density at radius 2 is 2.06 bits per heavy atom. The van der Waals surface area contributed by atoms with Gasteiger partial charge in [0.15, 0.2) is 5.78 Å². The van der Waals surface area contributed by atoms with Crippen LogP contribution < -0.4 is 0 Å². The summed E-state index contributed by atoms with van der Waals surface area (Å²) in [5.74, 6) is -1.48. The third-order valence-electron chi connectivity index (χ3n) is 2.49. The van der Waals surface area contributed by atoms with Gasteiger partial charge < -0.3 is 14.6 Å². The highest BCUT2D eigenvalue weighted by Gasteiger charge is 2.17. The van der Waals surface area contributed by atoms with Gasteiger partial charge in [-0.2, -0.15) is 0 Å². The summed E-state index contributed by atoms with van der Waals surface area (Å²) in [5.41, 5.74) is 0.794. The molecule has 1 aromatic carbocycles. The number of phenolic OH excluding ortho intramolecular Hbond substituents is 1. The van der Waals surface area contributed by atoms with Crippen molar-refractivity contribution in [2.24, 2.45) is 0 Å². The molecule has 0 spiro atoms. The summed E-state index contributed by atoms with van der Waals surface area (Å²) < 4.78 is 5.18. The first-order valence-electron chi connectivity index (χ1n) is 4.95. The predicted octanol–water partition coefficient (Wildman–Crippen LogP) is 1.97. The van der Waals surface area contributed by atoms with Gasteiger partial charge >= 0.3 is 5.97 Å². The lowest BCUT2D eigenvalue weighted by Gasteiger charge is -2.01. The number of phenols is 1. The van der Waals surface area contributed by atoms with Gasteiger partial charge in [0.2, 0.25) is 0 Å². The molecule has 0 aliphatic heterocycles. The van der Waals surface area contributed by atoms with Crippen molar-refractivity contribution >= 4 is 22.7 Å². The van der Waals surface area contributed by atoms with Gasteiger partial charge in [-0.15, -0.1) is 0 Å². The van der Waals surface area contributed by atoms with Crippen molar-refractivity contribution in [1.82, 2.24) is 0 Å². The number of benzene rings is 1. The number of carboxylic acid groups (broad SMARTS) is 1. The van der Waals surface area contributed by atoms with Crippen LogP contribution in [0.2, 0.25) is 0 Å². The number of rotatable bonds is 3. The molecule has 0 saturated carbocycles. The number of carbonyl (C=O) groups excluding carboxylic acids is 1. The first-order valence-corrected chi connectivity index (χ1v) is 4.95. The van der Waals surface area contributed by atoms with Crippen LogP contribution in [0.4, 0.5) is 0 Å². The van der Waals surface area contributed by atoms with E-state index in [2.05, 4.69) is 0 Å². The zero-order valence-electron chi connectivity index (χ0n) is 9.06. The number of carboxylic acids is 1. The molecule has 2 rings (SSSR count). The second-order valence-electron chi connectivity index (χ2n) is 3.72. The Labute approximate surface area is 96.3 Å². The molecule has 2 aromatic rings. The van der Waals surface area contributed by atoms with Gasteiger partial charge in [0.25, 0.3) is 0 Å². The van der Waals surface area contributed by atoms with Gasteiger partial charge in [0.1, 0.15) is 16.9 Å². The summed E-state index contributed by atoms with van der Waals surface area (Å²) in [4.78, 5) is 22.0. The lowest BCUT2D eigenvalue weighted by atomic mass is 10.0. The van der Waals surface area contributed by atoms with Gasteiger partial charge in [-0.1, -0.05) is 0 Å². The number of carbonyl (C=O) groups is 2. The molecular formula is C12H10O5. The van der Waals surface area contributed by atoms with E-state index >= 15 is 0 Å². The van der Waals surface area contributed by atoms with Crippen LogP contribution in [0.15, 0.2) is 22.8 Å². The second kappa shape index (κ2) is 3.93. The zero-order chi connectivity index (χ0) is 12.6. The second-order valence-corrected chi connectivity index (χ2v) is 3.72. The van der Waals surface area contributed by atoms with Crippen molar-refractivity contribution in [3.05, 3.63) is 29.5 Å². The van der Waals surface area contributed by atoms with Crippen molar-refractivity contribution < 1.29 is 24.2 Å². The number of fused-ring (bicyclic) bond motifs is 1. The third-order valence-corrected chi connectivity index (χ3v) is 2.49. The normalized spacial score (nSPS) is 10.6. The number of furan rings is 1. The molecular weight excluding hydrogens is 224 g/mol. The topological polar surface area (TPSA) is 87.7 Å². The lowest BCUT2D eigenvalue weighted by Crippen LogP contribution is -1.99. The molecule has 0 bridgehead atoms. The molecule has 0 amide bonds. The van der Waals surface area contributed by atoms with E-state index in [0.29, 0.717) is 10.9 Å². The zero-order valence-corrected chi connectivity index (χ0v) is 9.06. The number of Topliss-reactive ketones (excluding diaryl/α,β-unsaturated/α-hetero) is 1. The molecule has 5 nitrogen and oxygen atoms in total. The van der Waals surface area contributed by atoms with E-state index in [9.17, 15) is 14.7 Å². The van der Waals surface area contributed by atoms with Crippen LogP contribution in [-0.4, -0.2) is 22.0 Å². The van der Waals surface area contributed by atoms with Crippen molar-refractivity contribution in [2.45, 2.75) is 13.3 Å². The van der Waals surface area contributed by atoms with Crippen molar-refractivity contribution in [3.8, 4) is 5.75 Å². The third kappa shape index (κ3) is 1.87. The fraction of sp³-hybridized carbons (Fsp3) is 0.167. The molecule has 0 unspecified atom stereocenters. The van der Waals surface area contributed by atoms with E-state index in [1.165, 1.54) is 19.3 Å². The van der Waals surface area contributed by atoms with Gasteiger partial charge in [0, 0.05) is 10.9 Å². The van der Waals surface area contributed by atoms with E-state index < -0.39 is 5.97 Å². The number of aliphatic carboxylic acids is 1. The Hall–Kier alpha value is -2.30. The molecule has 1 heterocycles. The van der Waals surface area contributed by atoms with Gasteiger partial charge in [-0.3, -0.25) is 9.59 Å². The Bertz CT molecular complexity index is 609. The van der Waals surface area contributed by atoms with Gasteiger partial charge in [-0.25, -0.2) is 0 Å². The highest BCUT2D eigenvalue weighted by atomic mass is 16.4. The highest BCUT2D eigenvalue weighted by molar-refractivity contribution is 6.08. The van der Waals surface area contributed by atoms with Crippen LogP contribution in [0.1, 0.15) is 22.8 Å². The lowest BCUT2D eigenvalue weighted by molar-refractivity contribution is -0.136. The maximum atomic E-state index is 11.4. The molecule has 0 radical (unpaired) electrons. The maximum Gasteiger partial charge on any atom is 0.307 e. The highest BCUT2D eigenvalue weighted by Crippen LogP contribution is 2.31. The number of hydrogen-bond donors (Lipinski definition) is 2. The quantitative estimate of drug-likeness (QED) is 0.792. The van der Waals surface area contributed by atoms with Crippen LogP contribution >= 0.6 is 0 Å². The minimum Gasteiger partial charge on any atom is -0.507 e. The number of ketones is 1. The van der Waals surface area contributed by atoms with Crippen LogP contribution in [0, 0.1) is 0 Å². The average molecular weight is 234 g/mol. The fourth-order valence-electron chi connectivity index (χ4n) is 1.78. The number of aromatic hydroxyl groups is 1.